The largest absolute Gasteiger partial charge is 0.333 e. The Kier molecular flexibility index (Phi) is 1.90. The minimum Gasteiger partial charge on any atom is -0.282 e. The fourth-order valence-electron chi connectivity index (χ4n) is 1.00. The van der Waals surface area contributed by atoms with Crippen molar-refractivity contribution in [2.24, 2.45) is 0 Å². The van der Waals surface area contributed by atoms with Gasteiger partial charge in [-0.2, -0.15) is 0 Å². The van der Waals surface area contributed by atoms with Gasteiger partial charge in [-0.05, 0) is 24.4 Å². The van der Waals surface area contributed by atoms with Crippen molar-refractivity contribution in [2.45, 2.75) is 0 Å². The average Bonchev–Trinajstić information content (AvgIpc) is 2.06. The number of nitrogens with one attached hydrogen (secondary N) is 1. The quantitative estimate of drug-likeness (QED) is 0.674. The van der Waals surface area contributed by atoms with E-state index in [-0.39, 0.29) is 10.5 Å². The molecule has 2 aromatic rings. The van der Waals surface area contributed by atoms with Crippen molar-refractivity contribution < 1.29 is 0 Å². The van der Waals surface area contributed by atoms with Crippen LogP contribution in [0.3, 0.4) is 0 Å². The van der Waals surface area contributed by atoms with Gasteiger partial charge in [0.2, 0.25) is 4.77 Å². The molecule has 6 heteroatoms. The first-order valence-corrected chi connectivity index (χ1v) is 4.24. The Hall–Kier alpha value is -1.20. The summed E-state index contributed by atoms with van der Waals surface area (Å²) in [5.41, 5.74) is 0.149. The van der Waals surface area contributed by atoms with Crippen molar-refractivity contribution in [1.29, 1.82) is 0 Å². The summed E-state index contributed by atoms with van der Waals surface area (Å²) in [6.45, 7) is 0. The summed E-state index contributed by atoms with van der Waals surface area (Å²) >= 11 is 10.4. The molecule has 0 radical (unpaired) electrons. The third kappa shape index (κ3) is 1.48. The highest BCUT2D eigenvalue weighted by molar-refractivity contribution is 7.71. The Balaban J connectivity index is 3.04. The second-order valence-electron chi connectivity index (χ2n) is 2.42. The van der Waals surface area contributed by atoms with Gasteiger partial charge in [0, 0.05) is 6.20 Å². The lowest BCUT2D eigenvalue weighted by Crippen LogP contribution is -2.17. The second kappa shape index (κ2) is 2.93. The number of hydrogen-bond donors (Lipinski definition) is 1. The zero-order valence-electron chi connectivity index (χ0n) is 6.32. The molecule has 0 atom stereocenters. The average molecular weight is 214 g/mol. The molecule has 0 aliphatic carbocycles. The van der Waals surface area contributed by atoms with Crippen LogP contribution in [0.4, 0.5) is 0 Å². The summed E-state index contributed by atoms with van der Waals surface area (Å²) in [4.78, 5) is 17.6. The van der Waals surface area contributed by atoms with Gasteiger partial charge >= 0.3 is 5.69 Å². The van der Waals surface area contributed by atoms with E-state index in [9.17, 15) is 4.79 Å². The van der Waals surface area contributed by atoms with E-state index >= 15 is 0 Å². The van der Waals surface area contributed by atoms with Gasteiger partial charge in [-0.25, -0.2) is 9.78 Å². The van der Waals surface area contributed by atoms with Gasteiger partial charge in [0.25, 0.3) is 0 Å². The van der Waals surface area contributed by atoms with Crippen LogP contribution in [0.1, 0.15) is 0 Å². The molecule has 13 heavy (non-hydrogen) atoms. The number of halogens is 1. The lowest BCUT2D eigenvalue weighted by molar-refractivity contribution is 0.928. The van der Waals surface area contributed by atoms with Crippen molar-refractivity contribution in [3.8, 4) is 0 Å². The normalized spacial score (nSPS) is 10.5. The van der Waals surface area contributed by atoms with Crippen LogP contribution in [-0.4, -0.2) is 14.4 Å². The molecule has 0 saturated heterocycles. The number of hydrogen-bond acceptors (Lipinski definition) is 3. The van der Waals surface area contributed by atoms with E-state index in [1.54, 1.807) is 12.1 Å². The van der Waals surface area contributed by atoms with E-state index in [2.05, 4.69) is 9.97 Å². The number of aromatic nitrogens is 3. The zero-order chi connectivity index (χ0) is 9.42. The van der Waals surface area contributed by atoms with E-state index in [1.165, 1.54) is 10.6 Å². The standard InChI is InChI=1S/C7H4ClN3OS/c8-4-1-2-5-9-6(13)10-7(12)11(5)3-4/h1-3H,(H,10,12,13). The van der Waals surface area contributed by atoms with Crippen molar-refractivity contribution >= 4 is 29.5 Å². The number of H-pyrrole nitrogens is 1. The van der Waals surface area contributed by atoms with E-state index in [4.69, 9.17) is 23.8 Å². The van der Waals surface area contributed by atoms with Crippen LogP contribution in [0, 0.1) is 4.77 Å². The fourth-order valence-corrected chi connectivity index (χ4v) is 1.35. The molecule has 0 aliphatic heterocycles. The first-order valence-electron chi connectivity index (χ1n) is 3.45. The van der Waals surface area contributed by atoms with E-state index in [1.807, 2.05) is 0 Å². The van der Waals surface area contributed by atoms with Crippen molar-refractivity contribution in [2.75, 3.05) is 0 Å². The van der Waals surface area contributed by atoms with Gasteiger partial charge in [0.05, 0.1) is 5.02 Å². The van der Waals surface area contributed by atoms with Crippen LogP contribution in [0.25, 0.3) is 5.65 Å². The van der Waals surface area contributed by atoms with Gasteiger partial charge in [0.1, 0.15) is 5.65 Å². The highest BCUT2D eigenvalue weighted by Crippen LogP contribution is 2.06. The fraction of sp³-hybridized carbons (Fsp3) is 0. The van der Waals surface area contributed by atoms with Gasteiger partial charge in [-0.1, -0.05) is 11.6 Å². The summed E-state index contributed by atoms with van der Waals surface area (Å²) in [6.07, 6.45) is 1.48. The molecule has 0 bridgehead atoms. The molecule has 0 spiro atoms. The molecule has 4 nitrogen and oxygen atoms in total. The molecule has 2 aromatic heterocycles. The SMILES string of the molecule is O=c1[nH]c(=S)nc2ccc(Cl)cn12. The van der Waals surface area contributed by atoms with Crippen LogP contribution in [0.2, 0.25) is 5.02 Å². The van der Waals surface area contributed by atoms with E-state index in [0.717, 1.165) is 0 Å². The zero-order valence-corrected chi connectivity index (χ0v) is 7.89. The Morgan fingerprint density at radius 3 is 3.08 bits per heavy atom. The molecule has 2 heterocycles. The van der Waals surface area contributed by atoms with Crippen molar-refractivity contribution in [3.05, 3.63) is 38.6 Å². The summed E-state index contributed by atoms with van der Waals surface area (Å²) in [5.74, 6) is 0. The maximum Gasteiger partial charge on any atom is 0.333 e. The van der Waals surface area contributed by atoms with Gasteiger partial charge in [-0.3, -0.25) is 9.38 Å². The molecular weight excluding hydrogens is 210 g/mol. The molecule has 0 saturated carbocycles. The number of nitrogens with zero attached hydrogens (tertiary/aromatic N) is 2. The molecule has 0 aromatic carbocycles. The van der Waals surface area contributed by atoms with Crippen LogP contribution in [0.15, 0.2) is 23.1 Å². The molecule has 0 aliphatic rings. The predicted molar refractivity (Wildman–Crippen MR) is 51.7 cm³/mol. The molecule has 2 rings (SSSR count). The molecule has 0 unspecified atom stereocenters. The minimum absolute atomic E-state index is 0.173. The Morgan fingerprint density at radius 2 is 2.31 bits per heavy atom. The first kappa shape index (κ1) is 8.40. The molecule has 66 valence electrons. The summed E-state index contributed by atoms with van der Waals surface area (Å²) in [5, 5.41) is 0.474. The molecule has 0 amide bonds. The highest BCUT2D eigenvalue weighted by atomic mass is 35.5. The van der Waals surface area contributed by atoms with Crippen LogP contribution in [-0.2, 0) is 0 Å². The lowest BCUT2D eigenvalue weighted by Gasteiger charge is -1.97. The summed E-state index contributed by atoms with van der Waals surface area (Å²) in [6, 6.07) is 3.28. The Bertz CT molecular complexity index is 574. The predicted octanol–water partition coefficient (Wildman–Crippen LogP) is 1.41. The third-order valence-electron chi connectivity index (χ3n) is 1.54. The van der Waals surface area contributed by atoms with Crippen LogP contribution < -0.4 is 5.69 Å². The highest BCUT2D eigenvalue weighted by Gasteiger charge is 1.97. The molecule has 1 N–H and O–H groups in total. The number of aromatic amines is 1. The topological polar surface area (TPSA) is 50.2 Å². The first-order chi connectivity index (χ1) is 6.16. The van der Waals surface area contributed by atoms with E-state index in [0.29, 0.717) is 10.7 Å². The number of fused-ring (bicyclic) bond motifs is 1. The van der Waals surface area contributed by atoms with E-state index < -0.39 is 0 Å². The summed E-state index contributed by atoms with van der Waals surface area (Å²) in [7, 11) is 0. The maximum atomic E-state index is 11.3. The maximum absolute atomic E-state index is 11.3. The Labute approximate surface area is 82.8 Å². The van der Waals surface area contributed by atoms with Gasteiger partial charge < -0.3 is 0 Å². The second-order valence-corrected chi connectivity index (χ2v) is 3.25. The summed E-state index contributed by atoms with van der Waals surface area (Å²) < 4.78 is 1.48. The van der Waals surface area contributed by atoms with Crippen LogP contribution >= 0.6 is 23.8 Å². The number of rotatable bonds is 0. The smallest absolute Gasteiger partial charge is 0.282 e. The molecular formula is C7H4ClN3OS. The van der Waals surface area contributed by atoms with Crippen molar-refractivity contribution in [1.82, 2.24) is 14.4 Å². The lowest BCUT2D eigenvalue weighted by atomic mass is 10.5. The monoisotopic (exact) mass is 213 g/mol. The minimum atomic E-state index is -0.336. The number of pyridine rings is 1. The third-order valence-corrected chi connectivity index (χ3v) is 1.96. The van der Waals surface area contributed by atoms with Gasteiger partial charge in [-0.15, -0.1) is 0 Å². The van der Waals surface area contributed by atoms with Gasteiger partial charge in [0.15, 0.2) is 0 Å². The Morgan fingerprint density at radius 1 is 1.54 bits per heavy atom. The van der Waals surface area contributed by atoms with Crippen molar-refractivity contribution in [3.63, 3.8) is 0 Å². The van der Waals surface area contributed by atoms with Crippen LogP contribution in [0.5, 0.6) is 0 Å². The molecule has 0 fully saturated rings.